The highest BCUT2D eigenvalue weighted by atomic mass is 19.4. The molecule has 3 aliphatic rings. The van der Waals surface area contributed by atoms with Crippen molar-refractivity contribution in [3.05, 3.63) is 35.1 Å². The Kier molecular flexibility index (Phi) is 4.48. The van der Waals surface area contributed by atoms with Gasteiger partial charge in [0.25, 0.3) is 0 Å². The van der Waals surface area contributed by atoms with Crippen LogP contribution < -0.4 is 5.32 Å². The SMILES string of the molecule is O=C1NC2(CO1)CN(C(=O)[C@H]1C[C@H](OCc3ccc(C(F)(F)F)cc3F)C1)C2. The zero-order valence-corrected chi connectivity index (χ0v) is 14.7. The Bertz CT molecular complexity index is 801. The summed E-state index contributed by atoms with van der Waals surface area (Å²) in [6, 6.07) is 2.34. The van der Waals surface area contributed by atoms with Gasteiger partial charge in [-0.3, -0.25) is 4.79 Å². The summed E-state index contributed by atoms with van der Waals surface area (Å²) in [4.78, 5) is 25.2. The van der Waals surface area contributed by atoms with E-state index < -0.39 is 29.2 Å². The first-order valence-electron chi connectivity index (χ1n) is 8.86. The lowest BCUT2D eigenvalue weighted by Gasteiger charge is -2.48. The predicted octanol–water partition coefficient (Wildman–Crippen LogP) is 2.46. The topological polar surface area (TPSA) is 67.9 Å². The second kappa shape index (κ2) is 6.61. The molecule has 2 amide bonds. The summed E-state index contributed by atoms with van der Waals surface area (Å²) in [6.45, 7) is 0.934. The zero-order chi connectivity index (χ0) is 20.1. The van der Waals surface area contributed by atoms with Gasteiger partial charge >= 0.3 is 12.3 Å². The number of carbonyl (C=O) groups is 2. The molecule has 3 fully saturated rings. The standard InChI is InChI=1S/C18H18F4N2O4/c19-14-5-12(18(20,21)22)2-1-10(14)6-27-13-3-11(4-13)15(25)24-7-17(8-24)9-28-16(26)23-17/h1-2,5,11,13H,3-4,6-9H2,(H,23,26)/t11-,13-. The molecule has 152 valence electrons. The van der Waals surface area contributed by atoms with Gasteiger partial charge in [-0.25, -0.2) is 9.18 Å². The van der Waals surface area contributed by atoms with Crippen LogP contribution in [0.3, 0.4) is 0 Å². The molecule has 10 heteroatoms. The lowest BCUT2D eigenvalue weighted by atomic mass is 9.79. The van der Waals surface area contributed by atoms with Gasteiger partial charge in [0.2, 0.25) is 5.91 Å². The summed E-state index contributed by atoms with van der Waals surface area (Å²) in [6.07, 6.45) is -4.34. The third-order valence-electron chi connectivity index (χ3n) is 5.44. The van der Waals surface area contributed by atoms with E-state index in [0.717, 1.165) is 12.1 Å². The van der Waals surface area contributed by atoms with Crippen molar-refractivity contribution in [2.75, 3.05) is 19.7 Å². The number of nitrogens with one attached hydrogen (secondary N) is 1. The number of alkyl halides is 3. The van der Waals surface area contributed by atoms with Crippen LogP contribution in [0.1, 0.15) is 24.0 Å². The molecule has 2 heterocycles. The van der Waals surface area contributed by atoms with Gasteiger partial charge in [0.15, 0.2) is 0 Å². The van der Waals surface area contributed by atoms with E-state index in [1.807, 2.05) is 0 Å². The number of carbonyl (C=O) groups excluding carboxylic acids is 2. The minimum Gasteiger partial charge on any atom is -0.447 e. The van der Waals surface area contributed by atoms with Crippen molar-refractivity contribution in [1.29, 1.82) is 0 Å². The van der Waals surface area contributed by atoms with E-state index in [2.05, 4.69) is 5.32 Å². The number of hydrogen-bond acceptors (Lipinski definition) is 4. The molecule has 6 nitrogen and oxygen atoms in total. The largest absolute Gasteiger partial charge is 0.447 e. The van der Waals surface area contributed by atoms with Crippen molar-refractivity contribution in [1.82, 2.24) is 10.2 Å². The van der Waals surface area contributed by atoms with Gasteiger partial charge in [0, 0.05) is 24.6 Å². The van der Waals surface area contributed by atoms with Gasteiger partial charge in [-0.1, -0.05) is 6.07 Å². The van der Waals surface area contributed by atoms with Gasteiger partial charge in [-0.05, 0) is 25.0 Å². The molecule has 0 atom stereocenters. The van der Waals surface area contributed by atoms with Gasteiger partial charge < -0.3 is 19.7 Å². The molecule has 1 aromatic rings. The number of rotatable bonds is 4. The fourth-order valence-corrected chi connectivity index (χ4v) is 3.71. The minimum atomic E-state index is -4.59. The van der Waals surface area contributed by atoms with Crippen molar-refractivity contribution in [2.24, 2.45) is 5.92 Å². The number of cyclic esters (lactones) is 1. The predicted molar refractivity (Wildman–Crippen MR) is 86.5 cm³/mol. The third kappa shape index (κ3) is 3.52. The van der Waals surface area contributed by atoms with Crippen LogP contribution in [0.15, 0.2) is 18.2 Å². The van der Waals surface area contributed by atoms with Crippen LogP contribution in [0, 0.1) is 11.7 Å². The Morgan fingerprint density at radius 2 is 2.04 bits per heavy atom. The Balaban J connectivity index is 1.21. The first kappa shape index (κ1) is 19.0. The van der Waals surface area contributed by atoms with E-state index in [-0.39, 0.29) is 36.7 Å². The highest BCUT2D eigenvalue weighted by Gasteiger charge is 2.53. The molecule has 1 aromatic carbocycles. The maximum absolute atomic E-state index is 13.8. The van der Waals surface area contributed by atoms with E-state index in [4.69, 9.17) is 9.47 Å². The highest BCUT2D eigenvalue weighted by Crippen LogP contribution is 2.36. The molecule has 2 aliphatic heterocycles. The molecule has 1 N–H and O–H groups in total. The number of benzene rings is 1. The molecule has 0 aromatic heterocycles. The van der Waals surface area contributed by atoms with Crippen molar-refractivity contribution in [3.8, 4) is 0 Å². The van der Waals surface area contributed by atoms with E-state index >= 15 is 0 Å². The van der Waals surface area contributed by atoms with Crippen molar-refractivity contribution >= 4 is 12.0 Å². The second-order valence-corrected chi connectivity index (χ2v) is 7.58. The van der Waals surface area contributed by atoms with Crippen molar-refractivity contribution in [2.45, 2.75) is 37.3 Å². The monoisotopic (exact) mass is 402 g/mol. The van der Waals surface area contributed by atoms with Crippen molar-refractivity contribution in [3.63, 3.8) is 0 Å². The number of amides is 2. The Hall–Kier alpha value is -2.36. The molecule has 0 unspecified atom stereocenters. The van der Waals surface area contributed by atoms with Crippen LogP contribution in [0.5, 0.6) is 0 Å². The Morgan fingerprint density at radius 1 is 1.32 bits per heavy atom. The smallest absolute Gasteiger partial charge is 0.416 e. The van der Waals surface area contributed by atoms with Gasteiger partial charge in [-0.2, -0.15) is 13.2 Å². The first-order valence-corrected chi connectivity index (χ1v) is 8.86. The molecular weight excluding hydrogens is 384 g/mol. The summed E-state index contributed by atoms with van der Waals surface area (Å²) < 4.78 is 61.8. The van der Waals surface area contributed by atoms with Crippen LogP contribution in [0.25, 0.3) is 0 Å². The average molecular weight is 402 g/mol. The molecule has 0 radical (unpaired) electrons. The molecule has 1 aliphatic carbocycles. The normalized spacial score (nSPS) is 25.7. The van der Waals surface area contributed by atoms with E-state index in [0.29, 0.717) is 32.0 Å². The third-order valence-corrected chi connectivity index (χ3v) is 5.44. The van der Waals surface area contributed by atoms with Crippen LogP contribution in [0.2, 0.25) is 0 Å². The molecule has 1 saturated carbocycles. The number of likely N-dealkylation sites (tertiary alicyclic amines) is 1. The first-order chi connectivity index (χ1) is 13.2. The maximum Gasteiger partial charge on any atom is 0.416 e. The summed E-state index contributed by atoms with van der Waals surface area (Å²) in [5, 5.41) is 2.71. The molecule has 1 spiro atoms. The number of nitrogens with zero attached hydrogens (tertiary/aromatic N) is 1. The lowest BCUT2D eigenvalue weighted by Crippen LogP contribution is -2.71. The van der Waals surface area contributed by atoms with Crippen LogP contribution in [-0.4, -0.2) is 48.2 Å². The Labute approximate surface area is 157 Å². The lowest BCUT2D eigenvalue weighted by molar-refractivity contribution is -0.153. The number of halogens is 4. The van der Waals surface area contributed by atoms with Crippen LogP contribution in [-0.2, 0) is 27.1 Å². The summed E-state index contributed by atoms with van der Waals surface area (Å²) >= 11 is 0. The van der Waals surface area contributed by atoms with Gasteiger partial charge in [0.05, 0.1) is 18.3 Å². The highest BCUT2D eigenvalue weighted by molar-refractivity contribution is 5.82. The summed E-state index contributed by atoms with van der Waals surface area (Å²) in [5.41, 5.74) is -1.46. The second-order valence-electron chi connectivity index (χ2n) is 7.58. The van der Waals surface area contributed by atoms with Gasteiger partial charge in [-0.15, -0.1) is 0 Å². The van der Waals surface area contributed by atoms with Gasteiger partial charge in [0.1, 0.15) is 18.0 Å². The number of hydrogen-bond donors (Lipinski definition) is 1. The molecule has 2 saturated heterocycles. The maximum atomic E-state index is 13.8. The number of ether oxygens (including phenoxy) is 2. The molecule has 0 bridgehead atoms. The fourth-order valence-electron chi connectivity index (χ4n) is 3.71. The molecular formula is C18H18F4N2O4. The van der Waals surface area contributed by atoms with Crippen molar-refractivity contribution < 1.29 is 36.6 Å². The van der Waals surface area contributed by atoms with Crippen LogP contribution >= 0.6 is 0 Å². The van der Waals surface area contributed by atoms with E-state index in [1.54, 1.807) is 4.90 Å². The number of alkyl carbamates (subject to hydrolysis) is 1. The Morgan fingerprint density at radius 3 is 2.61 bits per heavy atom. The van der Waals surface area contributed by atoms with Crippen LogP contribution in [0.4, 0.5) is 22.4 Å². The summed E-state index contributed by atoms with van der Waals surface area (Å²) in [5.74, 6) is -1.18. The fraction of sp³-hybridized carbons (Fsp3) is 0.556. The minimum absolute atomic E-state index is 0.0210. The quantitative estimate of drug-likeness (QED) is 0.786. The van der Waals surface area contributed by atoms with E-state index in [1.165, 1.54) is 0 Å². The molecule has 4 rings (SSSR count). The average Bonchev–Trinajstić information content (AvgIpc) is 2.94. The van der Waals surface area contributed by atoms with E-state index in [9.17, 15) is 27.2 Å². The molecule has 28 heavy (non-hydrogen) atoms. The summed E-state index contributed by atoms with van der Waals surface area (Å²) in [7, 11) is 0. The zero-order valence-electron chi connectivity index (χ0n) is 14.7.